The van der Waals surface area contributed by atoms with Crippen molar-refractivity contribution < 1.29 is 14.1 Å². The zero-order chi connectivity index (χ0) is 21.1. The Balaban J connectivity index is 1.52. The largest absolute Gasteiger partial charge is 0.360 e. The third-order valence-corrected chi connectivity index (χ3v) is 5.27. The van der Waals surface area contributed by atoms with E-state index in [0.717, 1.165) is 11.1 Å². The molecule has 1 aromatic carbocycles. The van der Waals surface area contributed by atoms with E-state index in [9.17, 15) is 9.59 Å². The van der Waals surface area contributed by atoms with Crippen LogP contribution in [-0.4, -0.2) is 35.0 Å². The standard InChI is InChI=1S/C23H22N4O3/c1-3-16-13-17-10-7-11-24-21(17)27(2)23(29)20(16)25-22(28)19-14-18(30-26-19)12-15-8-5-4-6-9-15/h3-11,14,16,20H,1,12-13H2,2H3,(H,25,28)/t16-,20-/m1/s1. The van der Waals surface area contributed by atoms with Gasteiger partial charge in [-0.15, -0.1) is 6.58 Å². The number of benzene rings is 1. The molecule has 1 aliphatic heterocycles. The number of fused-ring (bicyclic) bond motifs is 1. The van der Waals surface area contributed by atoms with Crippen LogP contribution < -0.4 is 10.2 Å². The van der Waals surface area contributed by atoms with E-state index in [-0.39, 0.29) is 17.5 Å². The van der Waals surface area contributed by atoms with Crippen molar-refractivity contribution in [1.82, 2.24) is 15.5 Å². The van der Waals surface area contributed by atoms with Crippen molar-refractivity contribution in [3.05, 3.63) is 90.0 Å². The highest BCUT2D eigenvalue weighted by Crippen LogP contribution is 2.27. The second kappa shape index (κ2) is 8.32. The molecule has 3 heterocycles. The topological polar surface area (TPSA) is 88.3 Å². The first-order valence-electron chi connectivity index (χ1n) is 9.71. The van der Waals surface area contributed by atoms with Gasteiger partial charge in [0.05, 0.1) is 0 Å². The maximum Gasteiger partial charge on any atom is 0.274 e. The molecule has 7 nitrogen and oxygen atoms in total. The van der Waals surface area contributed by atoms with Crippen molar-refractivity contribution in [2.24, 2.45) is 5.92 Å². The molecule has 1 N–H and O–H groups in total. The molecule has 2 atom stereocenters. The summed E-state index contributed by atoms with van der Waals surface area (Å²) in [6, 6.07) is 14.4. The van der Waals surface area contributed by atoms with Gasteiger partial charge in [0.2, 0.25) is 0 Å². The smallest absolute Gasteiger partial charge is 0.274 e. The quantitative estimate of drug-likeness (QED) is 0.663. The minimum atomic E-state index is -0.775. The minimum Gasteiger partial charge on any atom is -0.360 e. The Hall–Kier alpha value is -3.74. The maximum absolute atomic E-state index is 13.1. The van der Waals surface area contributed by atoms with Crippen LogP contribution in [0.5, 0.6) is 0 Å². The van der Waals surface area contributed by atoms with Gasteiger partial charge in [-0.3, -0.25) is 14.5 Å². The summed E-state index contributed by atoms with van der Waals surface area (Å²) in [5.74, 6) is 0.185. The first-order chi connectivity index (χ1) is 14.6. The van der Waals surface area contributed by atoms with Crippen LogP contribution in [0.25, 0.3) is 0 Å². The number of hydrogen-bond donors (Lipinski definition) is 1. The third kappa shape index (κ3) is 3.87. The van der Waals surface area contributed by atoms with Crippen LogP contribution >= 0.6 is 0 Å². The molecule has 1 aliphatic rings. The number of carbonyl (C=O) groups is 2. The van der Waals surface area contributed by atoms with Gasteiger partial charge in [-0.25, -0.2) is 4.98 Å². The Morgan fingerprint density at radius 3 is 2.87 bits per heavy atom. The summed E-state index contributed by atoms with van der Waals surface area (Å²) in [4.78, 5) is 31.7. The van der Waals surface area contributed by atoms with Crippen LogP contribution in [0.2, 0.25) is 0 Å². The fourth-order valence-electron chi connectivity index (χ4n) is 3.66. The predicted octanol–water partition coefficient (Wildman–Crippen LogP) is 2.78. The van der Waals surface area contributed by atoms with Gasteiger partial charge in [-0.2, -0.15) is 0 Å². The van der Waals surface area contributed by atoms with E-state index in [1.54, 1.807) is 25.4 Å². The lowest BCUT2D eigenvalue weighted by Gasteiger charge is -2.24. The molecule has 4 rings (SSSR count). The number of pyridine rings is 1. The molecular formula is C23H22N4O3. The summed E-state index contributed by atoms with van der Waals surface area (Å²) in [6.45, 7) is 3.86. The molecule has 0 radical (unpaired) electrons. The SMILES string of the molecule is C=C[C@@H]1Cc2cccnc2N(C)C(=O)[C@@H]1NC(=O)c1cc(Cc2ccccc2)on1. The van der Waals surface area contributed by atoms with Crippen LogP contribution in [0, 0.1) is 5.92 Å². The van der Waals surface area contributed by atoms with Crippen LogP contribution in [0.15, 0.2) is 71.9 Å². The van der Waals surface area contributed by atoms with Gasteiger partial charge >= 0.3 is 0 Å². The fourth-order valence-corrected chi connectivity index (χ4v) is 3.66. The van der Waals surface area contributed by atoms with E-state index in [1.807, 2.05) is 42.5 Å². The number of nitrogens with zero attached hydrogens (tertiary/aromatic N) is 3. The number of carbonyl (C=O) groups excluding carboxylic acids is 2. The zero-order valence-corrected chi connectivity index (χ0v) is 16.6. The molecule has 2 aromatic heterocycles. The number of nitrogens with one attached hydrogen (secondary N) is 1. The lowest BCUT2D eigenvalue weighted by atomic mass is 9.93. The van der Waals surface area contributed by atoms with Crippen molar-refractivity contribution in [2.75, 3.05) is 11.9 Å². The summed E-state index contributed by atoms with van der Waals surface area (Å²) in [6.07, 6.45) is 4.42. The van der Waals surface area contributed by atoms with Crippen molar-refractivity contribution in [3.8, 4) is 0 Å². The van der Waals surface area contributed by atoms with Crippen LogP contribution in [0.4, 0.5) is 5.82 Å². The highest BCUT2D eigenvalue weighted by atomic mass is 16.5. The molecule has 0 fully saturated rings. The Morgan fingerprint density at radius 1 is 1.30 bits per heavy atom. The summed E-state index contributed by atoms with van der Waals surface area (Å²) >= 11 is 0. The molecule has 30 heavy (non-hydrogen) atoms. The molecule has 2 amide bonds. The Bertz CT molecular complexity index is 1080. The lowest BCUT2D eigenvalue weighted by molar-refractivity contribution is -0.120. The van der Waals surface area contributed by atoms with Crippen LogP contribution in [0.3, 0.4) is 0 Å². The summed E-state index contributed by atoms with van der Waals surface area (Å²) in [5, 5.41) is 6.70. The van der Waals surface area contributed by atoms with Gasteiger partial charge in [-0.1, -0.05) is 47.6 Å². The molecule has 3 aromatic rings. The van der Waals surface area contributed by atoms with Gasteiger partial charge in [0.15, 0.2) is 5.69 Å². The maximum atomic E-state index is 13.1. The monoisotopic (exact) mass is 402 g/mol. The molecule has 0 bridgehead atoms. The summed E-state index contributed by atoms with van der Waals surface area (Å²) in [5.41, 5.74) is 2.12. The van der Waals surface area contributed by atoms with E-state index in [0.29, 0.717) is 24.4 Å². The van der Waals surface area contributed by atoms with E-state index in [4.69, 9.17) is 4.52 Å². The average Bonchev–Trinajstić information content (AvgIpc) is 3.21. The van der Waals surface area contributed by atoms with Gasteiger partial charge in [0.1, 0.15) is 17.6 Å². The van der Waals surface area contributed by atoms with Crippen molar-refractivity contribution in [3.63, 3.8) is 0 Å². The zero-order valence-electron chi connectivity index (χ0n) is 16.6. The number of rotatable bonds is 5. The number of anilines is 1. The molecule has 0 saturated heterocycles. The van der Waals surface area contributed by atoms with E-state index in [2.05, 4.69) is 22.0 Å². The highest BCUT2D eigenvalue weighted by Gasteiger charge is 2.36. The van der Waals surface area contributed by atoms with Gasteiger partial charge in [0, 0.05) is 31.6 Å². The Labute approximate surface area is 174 Å². The van der Waals surface area contributed by atoms with Gasteiger partial charge in [-0.05, 0) is 23.6 Å². The average molecular weight is 402 g/mol. The number of hydrogen-bond acceptors (Lipinski definition) is 5. The molecule has 152 valence electrons. The van der Waals surface area contributed by atoms with Gasteiger partial charge in [0.25, 0.3) is 11.8 Å². The van der Waals surface area contributed by atoms with E-state index >= 15 is 0 Å². The van der Waals surface area contributed by atoms with Crippen LogP contribution in [-0.2, 0) is 17.6 Å². The Kier molecular flexibility index (Phi) is 5.43. The second-order valence-corrected chi connectivity index (χ2v) is 7.28. The molecule has 0 aliphatic carbocycles. The summed E-state index contributed by atoms with van der Waals surface area (Å²) in [7, 11) is 1.66. The fraction of sp³-hybridized carbons (Fsp3) is 0.217. The second-order valence-electron chi connectivity index (χ2n) is 7.28. The normalized spacial score (nSPS) is 18.4. The molecule has 0 saturated carbocycles. The minimum absolute atomic E-state index is 0.138. The number of aromatic nitrogens is 2. The van der Waals surface area contributed by atoms with Crippen molar-refractivity contribution in [2.45, 2.75) is 18.9 Å². The van der Waals surface area contributed by atoms with Crippen molar-refractivity contribution in [1.29, 1.82) is 0 Å². The molecule has 0 spiro atoms. The first-order valence-corrected chi connectivity index (χ1v) is 9.71. The summed E-state index contributed by atoms with van der Waals surface area (Å²) < 4.78 is 5.32. The van der Waals surface area contributed by atoms with E-state index in [1.165, 1.54) is 4.90 Å². The highest BCUT2D eigenvalue weighted by molar-refractivity contribution is 6.02. The Morgan fingerprint density at radius 2 is 2.10 bits per heavy atom. The molecule has 0 unspecified atom stereocenters. The number of likely N-dealkylation sites (N-methyl/N-ethyl adjacent to an activating group) is 1. The third-order valence-electron chi connectivity index (χ3n) is 5.27. The predicted molar refractivity (Wildman–Crippen MR) is 112 cm³/mol. The van der Waals surface area contributed by atoms with Gasteiger partial charge < -0.3 is 9.84 Å². The number of amides is 2. The lowest BCUT2D eigenvalue weighted by Crippen LogP contribution is -2.50. The van der Waals surface area contributed by atoms with E-state index < -0.39 is 11.9 Å². The van der Waals surface area contributed by atoms with Crippen molar-refractivity contribution >= 4 is 17.6 Å². The first kappa shape index (κ1) is 19.6. The van der Waals surface area contributed by atoms with Crippen LogP contribution in [0.1, 0.15) is 27.4 Å². The molecular weight excluding hydrogens is 380 g/mol. The molecule has 7 heteroatoms.